The molecule has 146 valence electrons. The number of carboxylic acid groups (broad SMARTS) is 1. The van der Waals surface area contributed by atoms with Crippen LogP contribution in [0, 0.1) is 5.82 Å². The number of alkyl halides is 5. The minimum Gasteiger partial charge on any atom is -0.481 e. The highest BCUT2D eigenvalue weighted by Gasteiger charge is 2.50. The standard InChI is InChI=1S/C14H12F6O5S/c15-9-7-8(1-2-10(9)25-26(23,24)14(18,19)20)12(11(21)22)3-5-13(16,17)6-4-12/h1-2,7H,3-6H2,(H,21,22). The van der Waals surface area contributed by atoms with Crippen LogP contribution in [-0.2, 0) is 20.3 Å². The average Bonchev–Trinajstić information content (AvgIpc) is 2.48. The number of carboxylic acids is 1. The summed E-state index contributed by atoms with van der Waals surface area (Å²) in [6, 6.07) is 1.85. The Morgan fingerprint density at radius 2 is 1.65 bits per heavy atom. The summed E-state index contributed by atoms with van der Waals surface area (Å²) in [5.74, 6) is -7.41. The highest BCUT2D eigenvalue weighted by molar-refractivity contribution is 7.88. The smallest absolute Gasteiger partial charge is 0.481 e. The Hall–Kier alpha value is -1.98. The molecule has 0 bridgehead atoms. The number of benzene rings is 1. The van der Waals surface area contributed by atoms with Crippen molar-refractivity contribution in [3.05, 3.63) is 29.6 Å². The second-order valence-corrected chi connectivity index (χ2v) is 7.41. The lowest BCUT2D eigenvalue weighted by Gasteiger charge is -2.37. The first-order chi connectivity index (χ1) is 11.7. The van der Waals surface area contributed by atoms with E-state index >= 15 is 0 Å². The topological polar surface area (TPSA) is 80.7 Å². The Labute approximate surface area is 143 Å². The van der Waals surface area contributed by atoms with Crippen LogP contribution in [0.15, 0.2) is 18.2 Å². The molecule has 0 unspecified atom stereocenters. The van der Waals surface area contributed by atoms with Gasteiger partial charge in [0.05, 0.1) is 5.41 Å². The fourth-order valence-corrected chi connectivity index (χ4v) is 3.17. The van der Waals surface area contributed by atoms with E-state index in [4.69, 9.17) is 0 Å². The van der Waals surface area contributed by atoms with Gasteiger partial charge in [0.15, 0.2) is 11.6 Å². The van der Waals surface area contributed by atoms with E-state index in [0.717, 1.165) is 6.07 Å². The van der Waals surface area contributed by atoms with Crippen molar-refractivity contribution in [3.63, 3.8) is 0 Å². The third kappa shape index (κ3) is 3.74. The van der Waals surface area contributed by atoms with Crippen LogP contribution < -0.4 is 4.18 Å². The lowest BCUT2D eigenvalue weighted by molar-refractivity contribution is -0.149. The zero-order valence-corrected chi connectivity index (χ0v) is 13.6. The van der Waals surface area contributed by atoms with Crippen molar-refractivity contribution >= 4 is 16.1 Å². The molecule has 0 heterocycles. The summed E-state index contributed by atoms with van der Waals surface area (Å²) in [7, 11) is -6.11. The van der Waals surface area contributed by atoms with E-state index in [2.05, 4.69) is 4.18 Å². The molecule has 1 N–H and O–H groups in total. The van der Waals surface area contributed by atoms with Gasteiger partial charge < -0.3 is 9.29 Å². The fraction of sp³-hybridized carbons (Fsp3) is 0.500. The lowest BCUT2D eigenvalue weighted by atomic mass is 9.68. The van der Waals surface area contributed by atoms with Gasteiger partial charge in [0.1, 0.15) is 0 Å². The number of hydrogen-bond acceptors (Lipinski definition) is 4. The quantitative estimate of drug-likeness (QED) is 0.470. The second kappa shape index (κ2) is 6.32. The van der Waals surface area contributed by atoms with Gasteiger partial charge in [0.25, 0.3) is 0 Å². The van der Waals surface area contributed by atoms with Crippen molar-refractivity contribution in [2.75, 3.05) is 0 Å². The van der Waals surface area contributed by atoms with Gasteiger partial charge in [-0.1, -0.05) is 6.07 Å². The minimum absolute atomic E-state index is 0.269. The van der Waals surface area contributed by atoms with Gasteiger partial charge in [-0.05, 0) is 30.5 Å². The second-order valence-electron chi connectivity index (χ2n) is 5.87. The maximum Gasteiger partial charge on any atom is 0.534 e. The molecule has 1 aliphatic rings. The number of rotatable bonds is 4. The third-order valence-electron chi connectivity index (χ3n) is 4.21. The number of hydrogen-bond donors (Lipinski definition) is 1. The Balaban J connectivity index is 2.38. The molecule has 1 fully saturated rings. The van der Waals surface area contributed by atoms with Crippen LogP contribution in [0.5, 0.6) is 5.75 Å². The Morgan fingerprint density at radius 3 is 2.08 bits per heavy atom. The molecule has 1 saturated carbocycles. The van der Waals surface area contributed by atoms with Gasteiger partial charge in [-0.2, -0.15) is 21.6 Å². The van der Waals surface area contributed by atoms with Gasteiger partial charge in [0.2, 0.25) is 5.92 Å². The van der Waals surface area contributed by atoms with Crippen molar-refractivity contribution in [1.82, 2.24) is 0 Å². The molecule has 0 aromatic heterocycles. The van der Waals surface area contributed by atoms with Crippen LogP contribution in [0.25, 0.3) is 0 Å². The molecule has 2 rings (SSSR count). The van der Waals surface area contributed by atoms with Crippen LogP contribution in [0.2, 0.25) is 0 Å². The van der Waals surface area contributed by atoms with Crippen LogP contribution in [0.3, 0.4) is 0 Å². The maximum atomic E-state index is 14.0. The van der Waals surface area contributed by atoms with Crippen molar-refractivity contribution in [2.45, 2.75) is 42.5 Å². The number of carbonyl (C=O) groups is 1. The molecule has 0 amide bonds. The third-order valence-corrected chi connectivity index (χ3v) is 5.18. The molecule has 0 saturated heterocycles. The zero-order chi connectivity index (χ0) is 20.0. The van der Waals surface area contributed by atoms with Crippen molar-refractivity contribution < 1.29 is 48.8 Å². The molecule has 12 heteroatoms. The Morgan fingerprint density at radius 1 is 1.12 bits per heavy atom. The first kappa shape index (κ1) is 20.3. The molecule has 26 heavy (non-hydrogen) atoms. The van der Waals surface area contributed by atoms with E-state index in [1.165, 1.54) is 0 Å². The Bertz CT molecular complexity index is 808. The number of halogens is 6. The van der Waals surface area contributed by atoms with Crippen LogP contribution in [0.4, 0.5) is 26.3 Å². The van der Waals surface area contributed by atoms with Crippen molar-refractivity contribution in [2.24, 2.45) is 0 Å². The molecule has 0 atom stereocenters. The van der Waals surface area contributed by atoms with Gasteiger partial charge in [-0.25, -0.2) is 13.2 Å². The highest BCUT2D eigenvalue weighted by Crippen LogP contribution is 2.46. The van der Waals surface area contributed by atoms with E-state index in [0.29, 0.717) is 12.1 Å². The van der Waals surface area contributed by atoms with E-state index in [1.807, 2.05) is 0 Å². The van der Waals surface area contributed by atoms with E-state index in [-0.39, 0.29) is 5.56 Å². The largest absolute Gasteiger partial charge is 0.534 e. The minimum atomic E-state index is -6.11. The van der Waals surface area contributed by atoms with E-state index in [1.54, 1.807) is 0 Å². The predicted molar refractivity (Wildman–Crippen MR) is 74.7 cm³/mol. The monoisotopic (exact) mass is 406 g/mol. The van der Waals surface area contributed by atoms with Gasteiger partial charge in [0, 0.05) is 12.8 Å². The van der Waals surface area contributed by atoms with E-state index < -0.39 is 70.2 Å². The van der Waals surface area contributed by atoms with Crippen molar-refractivity contribution in [3.8, 4) is 5.75 Å². The highest BCUT2D eigenvalue weighted by atomic mass is 32.2. The molecule has 0 spiro atoms. The first-order valence-corrected chi connectivity index (χ1v) is 8.53. The molecule has 5 nitrogen and oxygen atoms in total. The summed E-state index contributed by atoms with van der Waals surface area (Å²) < 4.78 is 103. The van der Waals surface area contributed by atoms with E-state index in [9.17, 15) is 44.7 Å². The predicted octanol–water partition coefficient (Wildman–Crippen LogP) is 3.59. The van der Waals surface area contributed by atoms with Gasteiger partial charge in [-0.15, -0.1) is 0 Å². The normalized spacial score (nSPS) is 19.8. The van der Waals surface area contributed by atoms with Gasteiger partial charge in [-0.3, -0.25) is 4.79 Å². The van der Waals surface area contributed by atoms with Crippen LogP contribution >= 0.6 is 0 Å². The summed E-state index contributed by atoms with van der Waals surface area (Å²) in [4.78, 5) is 11.6. The summed E-state index contributed by atoms with van der Waals surface area (Å²) in [6.07, 6.45) is -2.56. The summed E-state index contributed by atoms with van der Waals surface area (Å²) in [6.45, 7) is 0. The summed E-state index contributed by atoms with van der Waals surface area (Å²) in [5, 5.41) is 9.42. The SMILES string of the molecule is O=C(O)C1(c2ccc(OS(=O)(=O)C(F)(F)F)c(F)c2)CCC(F)(F)CC1. The Kier molecular flexibility index (Phi) is 4.94. The molecule has 0 aliphatic heterocycles. The molecular formula is C14H12F6O5S. The van der Waals surface area contributed by atoms with Gasteiger partial charge >= 0.3 is 21.6 Å². The van der Waals surface area contributed by atoms with Crippen LogP contribution in [-0.4, -0.2) is 30.9 Å². The van der Waals surface area contributed by atoms with Crippen molar-refractivity contribution in [1.29, 1.82) is 0 Å². The molecular weight excluding hydrogens is 394 g/mol. The summed E-state index contributed by atoms with van der Waals surface area (Å²) >= 11 is 0. The first-order valence-electron chi connectivity index (χ1n) is 7.12. The molecule has 1 aromatic carbocycles. The van der Waals surface area contributed by atoms with Crippen LogP contribution in [0.1, 0.15) is 31.2 Å². The molecule has 1 aliphatic carbocycles. The number of aliphatic carboxylic acids is 1. The average molecular weight is 406 g/mol. The maximum absolute atomic E-state index is 14.0. The molecule has 1 aromatic rings. The fourth-order valence-electron chi connectivity index (χ4n) is 2.70. The summed E-state index contributed by atoms with van der Waals surface area (Å²) in [5.41, 5.74) is -7.91. The lowest BCUT2D eigenvalue weighted by Crippen LogP contribution is -2.42. The molecule has 0 radical (unpaired) electrons. The zero-order valence-electron chi connectivity index (χ0n) is 12.8.